The molecule has 0 aromatic heterocycles. The third kappa shape index (κ3) is 3.05. The van der Waals surface area contributed by atoms with Gasteiger partial charge in [0.2, 0.25) is 0 Å². The number of methoxy groups -OCH3 is 1. The van der Waals surface area contributed by atoms with Crippen molar-refractivity contribution in [2.75, 3.05) is 7.11 Å². The number of ether oxygens (including phenoxy) is 1. The summed E-state index contributed by atoms with van der Waals surface area (Å²) in [4.78, 5) is 12.1. The van der Waals surface area contributed by atoms with E-state index in [0.29, 0.717) is 6.42 Å². The van der Waals surface area contributed by atoms with Crippen LogP contribution in [0.4, 0.5) is 4.39 Å². The molecule has 0 aliphatic rings. The minimum atomic E-state index is -0.883. The SMILES string of the molecule is CCC(C)(OC)C(=O)Cc1c(F)cccc1Cl. The van der Waals surface area contributed by atoms with Gasteiger partial charge in [-0.3, -0.25) is 4.79 Å². The first-order valence-electron chi connectivity index (χ1n) is 5.46. The standard InChI is InChI=1S/C13H16ClFO2/c1-4-13(2,17-3)12(16)8-9-10(14)6-5-7-11(9)15/h5-7H,4,8H2,1-3H3. The predicted octanol–water partition coefficient (Wildman–Crippen LogP) is 3.41. The number of benzene rings is 1. The number of hydrogen-bond donors (Lipinski definition) is 0. The van der Waals surface area contributed by atoms with E-state index in [1.807, 2.05) is 6.92 Å². The number of halogens is 2. The number of Topliss-reactive ketones (excluding diaryl/α,β-unsaturated/α-hetero) is 1. The molecular formula is C13H16ClFO2. The van der Waals surface area contributed by atoms with Gasteiger partial charge < -0.3 is 4.74 Å². The molecule has 0 aliphatic heterocycles. The molecule has 1 atom stereocenters. The van der Waals surface area contributed by atoms with E-state index in [9.17, 15) is 9.18 Å². The maximum Gasteiger partial charge on any atom is 0.168 e. The summed E-state index contributed by atoms with van der Waals surface area (Å²) in [6.45, 7) is 3.55. The molecule has 1 aromatic rings. The van der Waals surface area contributed by atoms with Crippen LogP contribution in [0.25, 0.3) is 0 Å². The summed E-state index contributed by atoms with van der Waals surface area (Å²) in [7, 11) is 1.48. The molecule has 0 amide bonds. The van der Waals surface area contributed by atoms with Gasteiger partial charge in [0.25, 0.3) is 0 Å². The molecule has 0 aliphatic carbocycles. The van der Waals surface area contributed by atoms with Crippen LogP contribution in [0.15, 0.2) is 18.2 Å². The van der Waals surface area contributed by atoms with E-state index in [2.05, 4.69) is 0 Å². The first kappa shape index (κ1) is 14.1. The Kier molecular flexibility index (Phi) is 4.66. The summed E-state index contributed by atoms with van der Waals surface area (Å²) in [5.41, 5.74) is -0.651. The fourth-order valence-corrected chi connectivity index (χ4v) is 1.73. The fraction of sp³-hybridized carbons (Fsp3) is 0.462. The van der Waals surface area contributed by atoms with Gasteiger partial charge in [0.05, 0.1) is 0 Å². The number of carbonyl (C=O) groups excluding carboxylic acids is 1. The van der Waals surface area contributed by atoms with E-state index in [-0.39, 0.29) is 22.8 Å². The van der Waals surface area contributed by atoms with Crippen LogP contribution in [-0.4, -0.2) is 18.5 Å². The Balaban J connectivity index is 2.96. The average molecular weight is 259 g/mol. The van der Waals surface area contributed by atoms with Crippen LogP contribution in [-0.2, 0) is 16.0 Å². The lowest BCUT2D eigenvalue weighted by atomic mass is 9.92. The lowest BCUT2D eigenvalue weighted by Crippen LogP contribution is -2.38. The molecule has 2 nitrogen and oxygen atoms in total. The van der Waals surface area contributed by atoms with Crippen LogP contribution in [0.2, 0.25) is 5.02 Å². The second-order valence-corrected chi connectivity index (χ2v) is 4.50. The molecule has 0 bridgehead atoms. The Hall–Kier alpha value is -0.930. The summed E-state index contributed by atoms with van der Waals surface area (Å²) in [6.07, 6.45) is 0.484. The van der Waals surface area contributed by atoms with Crippen molar-refractivity contribution in [3.05, 3.63) is 34.6 Å². The lowest BCUT2D eigenvalue weighted by molar-refractivity contribution is -0.138. The van der Waals surface area contributed by atoms with Gasteiger partial charge in [0, 0.05) is 24.1 Å². The third-order valence-electron chi connectivity index (χ3n) is 3.11. The highest BCUT2D eigenvalue weighted by Gasteiger charge is 2.31. The Morgan fingerprint density at radius 3 is 2.65 bits per heavy atom. The Morgan fingerprint density at radius 2 is 2.18 bits per heavy atom. The maximum absolute atomic E-state index is 13.5. The largest absolute Gasteiger partial charge is 0.371 e. The molecule has 1 aromatic carbocycles. The maximum atomic E-state index is 13.5. The van der Waals surface area contributed by atoms with Crippen LogP contribution in [0.3, 0.4) is 0 Å². The van der Waals surface area contributed by atoms with Crippen molar-refractivity contribution in [2.45, 2.75) is 32.3 Å². The quantitative estimate of drug-likeness (QED) is 0.809. The number of hydrogen-bond acceptors (Lipinski definition) is 2. The Morgan fingerprint density at radius 1 is 1.53 bits per heavy atom. The highest BCUT2D eigenvalue weighted by Crippen LogP contribution is 2.24. The smallest absolute Gasteiger partial charge is 0.168 e. The first-order valence-corrected chi connectivity index (χ1v) is 5.83. The third-order valence-corrected chi connectivity index (χ3v) is 3.47. The first-order chi connectivity index (χ1) is 7.94. The van der Waals surface area contributed by atoms with Crippen molar-refractivity contribution < 1.29 is 13.9 Å². The number of ketones is 1. The van der Waals surface area contributed by atoms with Crippen molar-refractivity contribution >= 4 is 17.4 Å². The Bertz CT molecular complexity index is 394. The molecule has 0 fully saturated rings. The Labute approximate surface area is 106 Å². The summed E-state index contributed by atoms with van der Waals surface area (Å²) < 4.78 is 18.7. The normalized spacial score (nSPS) is 14.4. The van der Waals surface area contributed by atoms with E-state index in [4.69, 9.17) is 16.3 Å². The molecule has 0 radical (unpaired) electrons. The minimum absolute atomic E-state index is 0.0519. The van der Waals surface area contributed by atoms with E-state index in [1.54, 1.807) is 13.0 Å². The van der Waals surface area contributed by atoms with Gasteiger partial charge in [0.1, 0.15) is 11.4 Å². The number of rotatable bonds is 5. The molecular weight excluding hydrogens is 243 g/mol. The van der Waals surface area contributed by atoms with Crippen molar-refractivity contribution in [1.82, 2.24) is 0 Å². The van der Waals surface area contributed by atoms with Gasteiger partial charge in [0.15, 0.2) is 5.78 Å². The predicted molar refractivity (Wildman–Crippen MR) is 65.8 cm³/mol. The zero-order valence-corrected chi connectivity index (χ0v) is 11.0. The zero-order valence-electron chi connectivity index (χ0n) is 10.2. The topological polar surface area (TPSA) is 26.3 Å². The molecule has 17 heavy (non-hydrogen) atoms. The minimum Gasteiger partial charge on any atom is -0.371 e. The summed E-state index contributed by atoms with van der Waals surface area (Å²) in [5, 5.41) is 0.271. The van der Waals surface area contributed by atoms with Crippen molar-refractivity contribution in [3.8, 4) is 0 Å². The fourth-order valence-electron chi connectivity index (χ4n) is 1.50. The lowest BCUT2D eigenvalue weighted by Gasteiger charge is -2.25. The second-order valence-electron chi connectivity index (χ2n) is 4.09. The monoisotopic (exact) mass is 258 g/mol. The molecule has 1 rings (SSSR count). The second kappa shape index (κ2) is 5.61. The zero-order chi connectivity index (χ0) is 13.1. The summed E-state index contributed by atoms with van der Waals surface area (Å²) in [5.74, 6) is -0.630. The summed E-state index contributed by atoms with van der Waals surface area (Å²) >= 11 is 5.88. The van der Waals surface area contributed by atoms with Gasteiger partial charge in [-0.1, -0.05) is 24.6 Å². The van der Waals surface area contributed by atoms with Crippen LogP contribution >= 0.6 is 11.6 Å². The highest BCUT2D eigenvalue weighted by atomic mass is 35.5. The van der Waals surface area contributed by atoms with E-state index >= 15 is 0 Å². The van der Waals surface area contributed by atoms with Crippen LogP contribution < -0.4 is 0 Å². The van der Waals surface area contributed by atoms with Crippen LogP contribution in [0, 0.1) is 5.82 Å². The molecule has 0 saturated heterocycles. The van der Waals surface area contributed by atoms with Crippen LogP contribution in [0.1, 0.15) is 25.8 Å². The number of carbonyl (C=O) groups is 1. The van der Waals surface area contributed by atoms with Gasteiger partial charge in [-0.15, -0.1) is 0 Å². The summed E-state index contributed by atoms with van der Waals surface area (Å²) in [6, 6.07) is 4.38. The van der Waals surface area contributed by atoms with Crippen molar-refractivity contribution in [1.29, 1.82) is 0 Å². The van der Waals surface area contributed by atoms with Gasteiger partial charge in [-0.2, -0.15) is 0 Å². The highest BCUT2D eigenvalue weighted by molar-refractivity contribution is 6.31. The molecule has 0 heterocycles. The molecule has 0 spiro atoms. The van der Waals surface area contributed by atoms with Gasteiger partial charge in [-0.05, 0) is 25.5 Å². The van der Waals surface area contributed by atoms with Crippen molar-refractivity contribution in [3.63, 3.8) is 0 Å². The molecule has 1 unspecified atom stereocenters. The van der Waals surface area contributed by atoms with Crippen LogP contribution in [0.5, 0.6) is 0 Å². The van der Waals surface area contributed by atoms with Gasteiger partial charge >= 0.3 is 0 Å². The molecule has 4 heteroatoms. The van der Waals surface area contributed by atoms with Crippen molar-refractivity contribution in [2.24, 2.45) is 0 Å². The van der Waals surface area contributed by atoms with E-state index in [0.717, 1.165) is 0 Å². The van der Waals surface area contributed by atoms with E-state index < -0.39 is 11.4 Å². The molecule has 0 N–H and O–H groups in total. The molecule has 94 valence electrons. The molecule has 0 saturated carbocycles. The van der Waals surface area contributed by atoms with E-state index in [1.165, 1.54) is 19.2 Å². The van der Waals surface area contributed by atoms with Gasteiger partial charge in [-0.25, -0.2) is 4.39 Å². The average Bonchev–Trinajstić information content (AvgIpc) is 2.32.